The van der Waals surface area contributed by atoms with E-state index in [9.17, 15) is 4.79 Å². The maximum Gasteiger partial charge on any atom is 0.305 e. The Balaban J connectivity index is 2.18. The van der Waals surface area contributed by atoms with Gasteiger partial charge < -0.3 is 15.4 Å². The minimum Gasteiger partial charge on any atom is -0.481 e. The molecule has 3 rings (SSSR count). The van der Waals surface area contributed by atoms with Gasteiger partial charge in [0.05, 0.1) is 11.9 Å². The van der Waals surface area contributed by atoms with Crippen LogP contribution in [0.15, 0.2) is 36.7 Å². The number of carboxylic acid groups (broad SMARTS) is 1. The fraction of sp³-hybridized carbons (Fsp3) is 0.200. The highest BCUT2D eigenvalue weighted by Crippen LogP contribution is 2.29. The number of benzene rings is 1. The van der Waals surface area contributed by atoms with Crippen LogP contribution >= 0.6 is 0 Å². The number of fused-ring (bicyclic) bond motifs is 3. The molecule has 0 saturated carbocycles. The van der Waals surface area contributed by atoms with E-state index in [2.05, 4.69) is 9.55 Å². The Hall–Kier alpha value is -2.40. The maximum atomic E-state index is 10.8. The average Bonchev–Trinajstić information content (AvgIpc) is 2.72. The molecule has 3 N–H and O–H groups in total. The molecule has 5 heteroatoms. The number of aromatic nitrogens is 2. The summed E-state index contributed by atoms with van der Waals surface area (Å²) in [4.78, 5) is 14.9. The van der Waals surface area contributed by atoms with Crippen LogP contribution in [0.2, 0.25) is 0 Å². The van der Waals surface area contributed by atoms with Crippen LogP contribution in [-0.2, 0) is 11.8 Å². The summed E-state index contributed by atoms with van der Waals surface area (Å²) in [6.07, 6.45) is 3.53. The van der Waals surface area contributed by atoms with Crippen molar-refractivity contribution < 1.29 is 9.90 Å². The Morgan fingerprint density at radius 1 is 1.35 bits per heavy atom. The molecule has 1 aromatic carbocycles. The monoisotopic (exact) mass is 269 g/mol. The summed E-state index contributed by atoms with van der Waals surface area (Å²) in [6.45, 7) is 0. The smallest absolute Gasteiger partial charge is 0.305 e. The second kappa shape index (κ2) is 4.61. The first-order valence-corrected chi connectivity index (χ1v) is 6.37. The predicted molar refractivity (Wildman–Crippen MR) is 77.4 cm³/mol. The van der Waals surface area contributed by atoms with E-state index >= 15 is 0 Å². The van der Waals surface area contributed by atoms with Crippen molar-refractivity contribution in [2.75, 3.05) is 0 Å². The van der Waals surface area contributed by atoms with Crippen molar-refractivity contribution in [1.82, 2.24) is 9.55 Å². The molecule has 1 atom stereocenters. The second-order valence-corrected chi connectivity index (χ2v) is 4.93. The number of hydrogen-bond donors (Lipinski definition) is 2. The summed E-state index contributed by atoms with van der Waals surface area (Å²) in [6, 6.07) is 7.31. The third-order valence-electron chi connectivity index (χ3n) is 3.66. The zero-order chi connectivity index (χ0) is 14.3. The predicted octanol–water partition coefficient (Wildman–Crippen LogP) is 2.20. The van der Waals surface area contributed by atoms with Gasteiger partial charge in [0.2, 0.25) is 0 Å². The van der Waals surface area contributed by atoms with Gasteiger partial charge in [0.25, 0.3) is 0 Å². The van der Waals surface area contributed by atoms with Crippen LogP contribution in [0, 0.1) is 0 Å². The van der Waals surface area contributed by atoms with E-state index in [1.807, 2.05) is 37.5 Å². The van der Waals surface area contributed by atoms with Crippen molar-refractivity contribution in [3.8, 4) is 0 Å². The minimum atomic E-state index is -0.890. The van der Waals surface area contributed by atoms with Crippen LogP contribution in [0.5, 0.6) is 0 Å². The fourth-order valence-corrected chi connectivity index (χ4v) is 2.61. The average molecular weight is 269 g/mol. The molecule has 20 heavy (non-hydrogen) atoms. The van der Waals surface area contributed by atoms with E-state index in [-0.39, 0.29) is 6.42 Å². The lowest BCUT2D eigenvalue weighted by Gasteiger charge is -2.10. The third-order valence-corrected chi connectivity index (χ3v) is 3.66. The molecule has 0 saturated heterocycles. The molecule has 0 aliphatic heterocycles. The Bertz CT molecular complexity index is 807. The standard InChI is InChI=1S/C15H15N3O2/c1-18-13-4-5-17-8-11(13)10-3-2-9(6-14(10)18)12(16)7-15(19)20/h2-6,8,12H,7,16H2,1H3,(H,19,20). The number of hydrogen-bond acceptors (Lipinski definition) is 3. The molecule has 0 amide bonds. The van der Waals surface area contributed by atoms with E-state index in [0.29, 0.717) is 0 Å². The van der Waals surface area contributed by atoms with E-state index in [0.717, 1.165) is 27.4 Å². The van der Waals surface area contributed by atoms with Gasteiger partial charge in [-0.15, -0.1) is 0 Å². The topological polar surface area (TPSA) is 81.1 Å². The van der Waals surface area contributed by atoms with Crippen LogP contribution in [0.25, 0.3) is 21.8 Å². The Labute approximate surface area is 115 Å². The highest BCUT2D eigenvalue weighted by atomic mass is 16.4. The van der Waals surface area contributed by atoms with Gasteiger partial charge in [0.1, 0.15) is 0 Å². The molecule has 0 spiro atoms. The van der Waals surface area contributed by atoms with Gasteiger partial charge in [-0.1, -0.05) is 12.1 Å². The largest absolute Gasteiger partial charge is 0.481 e. The van der Waals surface area contributed by atoms with Gasteiger partial charge in [0, 0.05) is 41.8 Å². The summed E-state index contributed by atoms with van der Waals surface area (Å²) in [7, 11) is 1.98. The van der Waals surface area contributed by atoms with Crippen molar-refractivity contribution in [2.24, 2.45) is 12.8 Å². The molecule has 2 aromatic heterocycles. The van der Waals surface area contributed by atoms with E-state index in [1.165, 1.54) is 0 Å². The van der Waals surface area contributed by atoms with Crippen molar-refractivity contribution in [1.29, 1.82) is 0 Å². The molecule has 3 aromatic rings. The van der Waals surface area contributed by atoms with Crippen LogP contribution in [0.3, 0.4) is 0 Å². The fourth-order valence-electron chi connectivity index (χ4n) is 2.61. The lowest BCUT2D eigenvalue weighted by atomic mass is 10.0. The van der Waals surface area contributed by atoms with Gasteiger partial charge in [-0.25, -0.2) is 0 Å². The second-order valence-electron chi connectivity index (χ2n) is 4.93. The minimum absolute atomic E-state index is 0.0724. The number of aryl methyl sites for hydroxylation is 1. The molecule has 1 unspecified atom stereocenters. The number of nitrogens with two attached hydrogens (primary N) is 1. The quantitative estimate of drug-likeness (QED) is 0.763. The summed E-state index contributed by atoms with van der Waals surface area (Å²) in [5, 5.41) is 11.0. The van der Waals surface area contributed by atoms with Crippen LogP contribution in [0.4, 0.5) is 0 Å². The molecule has 102 valence electrons. The first kappa shape index (κ1) is 12.6. The Kier molecular flexibility index (Phi) is 2.91. The molecule has 0 fully saturated rings. The molecule has 0 aliphatic carbocycles. The molecule has 0 radical (unpaired) electrons. The van der Waals surface area contributed by atoms with Crippen molar-refractivity contribution >= 4 is 27.8 Å². The summed E-state index contributed by atoms with van der Waals surface area (Å²) < 4.78 is 2.07. The molecular formula is C15H15N3O2. The number of nitrogens with zero attached hydrogens (tertiary/aromatic N) is 2. The molecule has 2 heterocycles. The van der Waals surface area contributed by atoms with Gasteiger partial charge in [0.15, 0.2) is 0 Å². The first-order chi connectivity index (χ1) is 9.58. The SMILES string of the molecule is Cn1c2ccncc2c2ccc(C(N)CC(=O)O)cc21. The molecule has 5 nitrogen and oxygen atoms in total. The summed E-state index contributed by atoms with van der Waals surface area (Å²) >= 11 is 0. The van der Waals surface area contributed by atoms with Crippen molar-refractivity contribution in [3.05, 3.63) is 42.2 Å². The zero-order valence-corrected chi connectivity index (χ0v) is 11.1. The number of carboxylic acids is 1. The third kappa shape index (κ3) is 1.92. The van der Waals surface area contributed by atoms with Crippen LogP contribution in [-0.4, -0.2) is 20.6 Å². The van der Waals surface area contributed by atoms with Gasteiger partial charge in [-0.05, 0) is 17.7 Å². The Morgan fingerprint density at radius 2 is 2.15 bits per heavy atom. The number of aliphatic carboxylic acids is 1. The Morgan fingerprint density at radius 3 is 2.90 bits per heavy atom. The number of pyridine rings is 1. The van der Waals surface area contributed by atoms with Crippen molar-refractivity contribution in [3.63, 3.8) is 0 Å². The maximum absolute atomic E-state index is 10.8. The molecular weight excluding hydrogens is 254 g/mol. The van der Waals surface area contributed by atoms with Crippen LogP contribution < -0.4 is 5.73 Å². The van der Waals surface area contributed by atoms with Crippen LogP contribution in [0.1, 0.15) is 18.0 Å². The lowest BCUT2D eigenvalue weighted by Crippen LogP contribution is -2.14. The van der Waals surface area contributed by atoms with E-state index < -0.39 is 12.0 Å². The van der Waals surface area contributed by atoms with Gasteiger partial charge in [-0.3, -0.25) is 9.78 Å². The highest BCUT2D eigenvalue weighted by molar-refractivity contribution is 6.07. The first-order valence-electron chi connectivity index (χ1n) is 6.37. The van der Waals surface area contributed by atoms with E-state index in [1.54, 1.807) is 6.20 Å². The van der Waals surface area contributed by atoms with Gasteiger partial charge >= 0.3 is 5.97 Å². The molecule has 0 aliphatic rings. The van der Waals surface area contributed by atoms with E-state index in [4.69, 9.17) is 10.8 Å². The zero-order valence-electron chi connectivity index (χ0n) is 11.1. The normalized spacial score (nSPS) is 12.9. The summed E-state index contributed by atoms with van der Waals surface area (Å²) in [5.41, 5.74) is 8.89. The van der Waals surface area contributed by atoms with Crippen molar-refractivity contribution in [2.45, 2.75) is 12.5 Å². The highest BCUT2D eigenvalue weighted by Gasteiger charge is 2.14. The number of carbonyl (C=O) groups is 1. The number of rotatable bonds is 3. The summed E-state index contributed by atoms with van der Waals surface area (Å²) in [5.74, 6) is -0.890. The lowest BCUT2D eigenvalue weighted by molar-refractivity contribution is -0.137. The molecule has 0 bridgehead atoms. The van der Waals surface area contributed by atoms with Gasteiger partial charge in [-0.2, -0.15) is 0 Å².